The van der Waals surface area contributed by atoms with Gasteiger partial charge < -0.3 is 9.47 Å². The Bertz CT molecular complexity index is 908. The summed E-state index contributed by atoms with van der Waals surface area (Å²) in [4.78, 5) is 15.3. The molecule has 0 N–H and O–H groups in total. The number of aromatic nitrogens is 1. The number of benzene rings is 2. The van der Waals surface area contributed by atoms with Gasteiger partial charge in [-0.25, -0.2) is 0 Å². The fourth-order valence-electron chi connectivity index (χ4n) is 3.68. The second-order valence-electron chi connectivity index (χ2n) is 6.75. The summed E-state index contributed by atoms with van der Waals surface area (Å²) in [5.74, 6) is 0.0979. The van der Waals surface area contributed by atoms with E-state index in [1.165, 1.54) is 22.4 Å². The Labute approximate surface area is 148 Å². The van der Waals surface area contributed by atoms with Crippen molar-refractivity contribution in [2.75, 3.05) is 6.54 Å². The molecule has 1 aliphatic rings. The first kappa shape index (κ1) is 15.7. The van der Waals surface area contributed by atoms with E-state index in [4.69, 9.17) is 0 Å². The lowest BCUT2D eigenvalue weighted by atomic mass is 9.95. The smallest absolute Gasteiger partial charge is 0.254 e. The third-order valence-corrected chi connectivity index (χ3v) is 5.08. The van der Waals surface area contributed by atoms with Crippen molar-refractivity contribution in [1.82, 2.24) is 9.47 Å². The van der Waals surface area contributed by atoms with E-state index in [1.54, 1.807) is 0 Å². The zero-order chi connectivity index (χ0) is 17.4. The van der Waals surface area contributed by atoms with Crippen LogP contribution in [0.3, 0.4) is 0 Å². The Morgan fingerprint density at radius 1 is 0.920 bits per heavy atom. The van der Waals surface area contributed by atoms with Gasteiger partial charge >= 0.3 is 0 Å². The van der Waals surface area contributed by atoms with E-state index in [2.05, 4.69) is 48.0 Å². The van der Waals surface area contributed by atoms with Gasteiger partial charge in [0.25, 0.3) is 5.91 Å². The van der Waals surface area contributed by atoms with Crippen LogP contribution in [0.25, 0.3) is 0 Å². The maximum atomic E-state index is 13.3. The number of rotatable bonds is 2. The lowest BCUT2D eigenvalue weighted by Crippen LogP contribution is -2.42. The molecular weight excluding hydrogens is 308 g/mol. The molecule has 1 aliphatic heterocycles. The summed E-state index contributed by atoms with van der Waals surface area (Å²) in [6, 6.07) is 20.4. The number of carbonyl (C=O) groups excluding carboxylic acids is 1. The highest BCUT2D eigenvalue weighted by molar-refractivity contribution is 5.95. The summed E-state index contributed by atoms with van der Waals surface area (Å²) < 4.78 is 2.26. The largest absolute Gasteiger partial charge is 0.348 e. The van der Waals surface area contributed by atoms with Crippen LogP contribution >= 0.6 is 0 Å². The van der Waals surface area contributed by atoms with E-state index in [1.807, 2.05) is 42.2 Å². The molecular formula is C22H22N2O. The van der Waals surface area contributed by atoms with E-state index in [0.29, 0.717) is 6.54 Å². The maximum Gasteiger partial charge on any atom is 0.254 e. The molecule has 0 saturated heterocycles. The van der Waals surface area contributed by atoms with Crippen molar-refractivity contribution < 1.29 is 4.79 Å². The first-order valence-electron chi connectivity index (χ1n) is 8.73. The highest BCUT2D eigenvalue weighted by Crippen LogP contribution is 2.35. The first-order chi connectivity index (χ1) is 12.1. The number of amides is 1. The van der Waals surface area contributed by atoms with Crippen molar-refractivity contribution in [2.45, 2.75) is 26.4 Å². The molecule has 3 heteroatoms. The van der Waals surface area contributed by atoms with E-state index in [0.717, 1.165) is 12.1 Å². The lowest BCUT2D eigenvalue weighted by molar-refractivity contribution is 0.0663. The van der Waals surface area contributed by atoms with Crippen LogP contribution in [0.1, 0.15) is 38.8 Å². The molecule has 0 radical (unpaired) electrons. The minimum Gasteiger partial charge on any atom is -0.348 e. The van der Waals surface area contributed by atoms with Crippen LogP contribution in [0.2, 0.25) is 0 Å². The molecule has 3 nitrogen and oxygen atoms in total. The van der Waals surface area contributed by atoms with Crippen molar-refractivity contribution in [1.29, 1.82) is 0 Å². The minimum atomic E-state index is -0.0428. The summed E-state index contributed by atoms with van der Waals surface area (Å²) in [5.41, 5.74) is 5.51. The number of carbonyl (C=O) groups is 1. The molecule has 0 aliphatic carbocycles. The molecule has 0 spiro atoms. The predicted octanol–water partition coefficient (Wildman–Crippen LogP) is 4.35. The van der Waals surface area contributed by atoms with Crippen LogP contribution in [0.15, 0.2) is 66.9 Å². The highest BCUT2D eigenvalue weighted by Gasteiger charge is 2.33. The van der Waals surface area contributed by atoms with Gasteiger partial charge in [-0.05, 0) is 49.2 Å². The van der Waals surface area contributed by atoms with E-state index in [9.17, 15) is 4.79 Å². The van der Waals surface area contributed by atoms with Crippen LogP contribution in [0.4, 0.5) is 0 Å². The zero-order valence-corrected chi connectivity index (χ0v) is 14.6. The van der Waals surface area contributed by atoms with Gasteiger partial charge in [0.1, 0.15) is 0 Å². The van der Waals surface area contributed by atoms with Crippen molar-refractivity contribution in [3.63, 3.8) is 0 Å². The number of hydrogen-bond acceptors (Lipinski definition) is 1. The molecule has 1 atom stereocenters. The van der Waals surface area contributed by atoms with Crippen molar-refractivity contribution in [3.8, 4) is 0 Å². The van der Waals surface area contributed by atoms with Crippen LogP contribution < -0.4 is 0 Å². The van der Waals surface area contributed by atoms with Crippen LogP contribution in [-0.2, 0) is 6.54 Å². The Morgan fingerprint density at radius 3 is 2.44 bits per heavy atom. The van der Waals surface area contributed by atoms with Gasteiger partial charge in [0.05, 0.1) is 6.04 Å². The Morgan fingerprint density at radius 2 is 1.68 bits per heavy atom. The molecule has 4 rings (SSSR count). The van der Waals surface area contributed by atoms with Crippen LogP contribution in [0, 0.1) is 13.8 Å². The van der Waals surface area contributed by atoms with E-state index >= 15 is 0 Å². The highest BCUT2D eigenvalue weighted by atomic mass is 16.2. The third kappa shape index (κ3) is 2.76. The van der Waals surface area contributed by atoms with Gasteiger partial charge in [-0.3, -0.25) is 4.79 Å². The Kier molecular flexibility index (Phi) is 3.92. The maximum absolute atomic E-state index is 13.3. The summed E-state index contributed by atoms with van der Waals surface area (Å²) >= 11 is 0. The van der Waals surface area contributed by atoms with Gasteiger partial charge in [0, 0.05) is 30.5 Å². The van der Waals surface area contributed by atoms with Crippen LogP contribution in [-0.4, -0.2) is 21.9 Å². The van der Waals surface area contributed by atoms with Gasteiger partial charge in [0.2, 0.25) is 0 Å². The zero-order valence-electron chi connectivity index (χ0n) is 14.6. The molecule has 1 aromatic heterocycles. The Hall–Kier alpha value is -2.81. The second-order valence-corrected chi connectivity index (χ2v) is 6.75. The first-order valence-corrected chi connectivity index (χ1v) is 8.73. The van der Waals surface area contributed by atoms with Crippen molar-refractivity contribution in [2.24, 2.45) is 0 Å². The quantitative estimate of drug-likeness (QED) is 0.686. The van der Waals surface area contributed by atoms with E-state index < -0.39 is 0 Å². The standard InChI is InChI=1S/C22H22N2O/c1-16-9-11-18(12-10-16)22(25)24-15-14-23-13-5-8-20(23)21(24)19-7-4-3-6-17(19)2/h3-13,21H,14-15H2,1-2H3. The van der Waals surface area contributed by atoms with Crippen molar-refractivity contribution in [3.05, 3.63) is 94.8 Å². The summed E-state index contributed by atoms with van der Waals surface area (Å²) in [6.07, 6.45) is 2.11. The number of hydrogen-bond donors (Lipinski definition) is 0. The monoisotopic (exact) mass is 330 g/mol. The van der Waals surface area contributed by atoms with Crippen molar-refractivity contribution >= 4 is 5.91 Å². The average molecular weight is 330 g/mol. The summed E-state index contributed by atoms with van der Waals surface area (Å²) in [6.45, 7) is 5.71. The molecule has 3 aromatic rings. The SMILES string of the molecule is Cc1ccc(C(=O)N2CCn3cccc3C2c2ccccc2C)cc1. The fourth-order valence-corrected chi connectivity index (χ4v) is 3.68. The second kappa shape index (κ2) is 6.25. The normalized spacial score (nSPS) is 16.6. The summed E-state index contributed by atoms with van der Waals surface area (Å²) in [7, 11) is 0. The fraction of sp³-hybridized carbons (Fsp3) is 0.227. The minimum absolute atomic E-state index is 0.0428. The van der Waals surface area contributed by atoms with Crippen LogP contribution in [0.5, 0.6) is 0 Å². The molecule has 1 amide bonds. The predicted molar refractivity (Wildman–Crippen MR) is 99.7 cm³/mol. The summed E-state index contributed by atoms with van der Waals surface area (Å²) in [5, 5.41) is 0. The number of aryl methyl sites for hydroxylation is 2. The third-order valence-electron chi connectivity index (χ3n) is 5.08. The molecule has 1 unspecified atom stereocenters. The lowest BCUT2D eigenvalue weighted by Gasteiger charge is -2.38. The topological polar surface area (TPSA) is 25.2 Å². The molecule has 2 aromatic carbocycles. The molecule has 0 saturated carbocycles. The molecule has 0 bridgehead atoms. The van der Waals surface area contributed by atoms with Gasteiger partial charge in [-0.1, -0.05) is 42.0 Å². The molecule has 2 heterocycles. The average Bonchev–Trinajstić information content (AvgIpc) is 3.10. The molecule has 126 valence electrons. The molecule has 25 heavy (non-hydrogen) atoms. The molecule has 0 fully saturated rings. The van der Waals surface area contributed by atoms with Gasteiger partial charge in [-0.2, -0.15) is 0 Å². The number of nitrogens with zero attached hydrogens (tertiary/aromatic N) is 2. The number of fused-ring (bicyclic) bond motifs is 1. The van der Waals surface area contributed by atoms with Gasteiger partial charge in [-0.15, -0.1) is 0 Å². The van der Waals surface area contributed by atoms with E-state index in [-0.39, 0.29) is 11.9 Å². The Balaban J connectivity index is 1.79. The van der Waals surface area contributed by atoms with Gasteiger partial charge in [0.15, 0.2) is 0 Å².